The third-order valence-electron chi connectivity index (χ3n) is 8.37. The van der Waals surface area contributed by atoms with E-state index in [9.17, 15) is 15.3 Å². The Morgan fingerprint density at radius 2 is 1.86 bits per heavy atom. The third kappa shape index (κ3) is 5.78. The van der Waals surface area contributed by atoms with E-state index in [-0.39, 0.29) is 18.4 Å². The molecule has 216 valence electrons. The zero-order chi connectivity index (χ0) is 29.8. The smallest absolute Gasteiger partial charge is 0.247 e. The van der Waals surface area contributed by atoms with E-state index in [0.717, 1.165) is 48.1 Å². The van der Waals surface area contributed by atoms with Crippen molar-refractivity contribution in [3.63, 3.8) is 0 Å². The van der Waals surface area contributed by atoms with Crippen LogP contribution in [0, 0.1) is 22.7 Å². The highest BCUT2D eigenvalue weighted by molar-refractivity contribution is 6.02. The molecule has 2 fully saturated rings. The lowest BCUT2D eigenvalue weighted by molar-refractivity contribution is -0.111. The van der Waals surface area contributed by atoms with Crippen molar-refractivity contribution in [3.8, 4) is 23.4 Å². The van der Waals surface area contributed by atoms with E-state index in [0.29, 0.717) is 28.7 Å². The van der Waals surface area contributed by atoms with Crippen LogP contribution in [0.3, 0.4) is 0 Å². The summed E-state index contributed by atoms with van der Waals surface area (Å²) in [7, 11) is 0. The monoisotopic (exact) mass is 571 g/mol. The molecule has 2 aromatic carbocycles. The maximum absolute atomic E-state index is 12.4. The van der Waals surface area contributed by atoms with Crippen LogP contribution in [-0.4, -0.2) is 57.6 Å². The van der Waals surface area contributed by atoms with Gasteiger partial charge in [0.25, 0.3) is 0 Å². The van der Waals surface area contributed by atoms with Crippen LogP contribution in [0.4, 0.5) is 23.0 Å². The zero-order valence-corrected chi connectivity index (χ0v) is 24.0. The second-order valence-corrected chi connectivity index (χ2v) is 10.9. The average molecular weight is 572 g/mol. The Balaban J connectivity index is 1.29. The first kappa shape index (κ1) is 28.0. The molecule has 10 heteroatoms. The van der Waals surface area contributed by atoms with Gasteiger partial charge >= 0.3 is 0 Å². The molecule has 0 aliphatic carbocycles. The van der Waals surface area contributed by atoms with Crippen molar-refractivity contribution >= 4 is 39.8 Å². The van der Waals surface area contributed by atoms with Gasteiger partial charge in [0, 0.05) is 47.5 Å². The number of fused-ring (bicyclic) bond motifs is 1. The van der Waals surface area contributed by atoms with Crippen molar-refractivity contribution in [2.24, 2.45) is 0 Å². The Kier molecular flexibility index (Phi) is 8.03. The van der Waals surface area contributed by atoms with Crippen molar-refractivity contribution in [1.82, 2.24) is 19.4 Å². The summed E-state index contributed by atoms with van der Waals surface area (Å²) in [6.45, 7) is 8.13. The summed E-state index contributed by atoms with van der Waals surface area (Å²) in [4.78, 5) is 26.5. The number of likely N-dealkylation sites (tertiary alicyclic amines) is 1. The first-order valence-corrected chi connectivity index (χ1v) is 14.6. The number of anilines is 4. The minimum atomic E-state index is -0.320. The number of rotatable bonds is 8. The number of nitrogens with one attached hydrogen (secondary N) is 2. The average Bonchev–Trinajstić information content (AvgIpc) is 3.71. The molecule has 2 aliphatic rings. The maximum Gasteiger partial charge on any atom is 0.247 e. The predicted molar refractivity (Wildman–Crippen MR) is 168 cm³/mol. The number of hydrogen-bond donors (Lipinski definition) is 2. The fourth-order valence-electron chi connectivity index (χ4n) is 6.21. The molecular weight excluding hydrogens is 538 g/mol. The highest BCUT2D eigenvalue weighted by atomic mass is 16.1. The van der Waals surface area contributed by atoms with Crippen LogP contribution in [0.15, 0.2) is 67.5 Å². The highest BCUT2D eigenvalue weighted by Gasteiger charge is 2.27. The maximum atomic E-state index is 12.4. The predicted octanol–water partition coefficient (Wildman–Crippen LogP) is 5.43. The van der Waals surface area contributed by atoms with Crippen LogP contribution in [0.1, 0.15) is 31.2 Å². The number of aromatic nitrogens is 3. The van der Waals surface area contributed by atoms with Gasteiger partial charge in [0.2, 0.25) is 11.9 Å². The first-order valence-electron chi connectivity index (χ1n) is 14.6. The van der Waals surface area contributed by atoms with Gasteiger partial charge in [-0.3, -0.25) is 4.79 Å². The Morgan fingerprint density at radius 1 is 1.07 bits per heavy atom. The van der Waals surface area contributed by atoms with Gasteiger partial charge in [0.15, 0.2) is 0 Å². The Bertz CT molecular complexity index is 1750. The van der Waals surface area contributed by atoms with Gasteiger partial charge in [-0.05, 0) is 69.1 Å². The van der Waals surface area contributed by atoms with Gasteiger partial charge < -0.3 is 25.0 Å². The van der Waals surface area contributed by atoms with E-state index >= 15 is 0 Å². The molecule has 0 radical (unpaired) electrons. The highest BCUT2D eigenvalue weighted by Crippen LogP contribution is 2.35. The minimum absolute atomic E-state index is 0.174. The van der Waals surface area contributed by atoms with Gasteiger partial charge in [0.1, 0.15) is 12.6 Å². The molecule has 0 unspecified atom stereocenters. The van der Waals surface area contributed by atoms with E-state index in [2.05, 4.69) is 44.1 Å². The topological polar surface area (TPSA) is 126 Å². The molecule has 2 aromatic heterocycles. The summed E-state index contributed by atoms with van der Waals surface area (Å²) < 4.78 is 1.84. The molecule has 0 saturated carbocycles. The molecular formula is C33H33N9O. The Morgan fingerprint density at radius 3 is 2.60 bits per heavy atom. The number of nitriles is 2. The molecule has 43 heavy (non-hydrogen) atoms. The van der Waals surface area contributed by atoms with Gasteiger partial charge in [-0.2, -0.15) is 10.5 Å². The van der Waals surface area contributed by atoms with Gasteiger partial charge in [-0.1, -0.05) is 24.8 Å². The van der Waals surface area contributed by atoms with Crippen molar-refractivity contribution in [2.45, 2.75) is 38.3 Å². The second kappa shape index (κ2) is 12.4. The summed E-state index contributed by atoms with van der Waals surface area (Å²) >= 11 is 0. The summed E-state index contributed by atoms with van der Waals surface area (Å²) in [5.41, 5.74) is 4.64. The lowest BCUT2D eigenvalue weighted by Gasteiger charge is -2.38. The number of nitrogens with zero attached hydrogens (tertiary/aromatic N) is 7. The fraction of sp³-hybridized carbons (Fsp3) is 0.303. The van der Waals surface area contributed by atoms with Crippen molar-refractivity contribution in [3.05, 3.63) is 73.1 Å². The number of para-hydroxylation sites is 1. The first-order chi connectivity index (χ1) is 21.1. The van der Waals surface area contributed by atoms with Crippen LogP contribution in [-0.2, 0) is 11.3 Å². The third-order valence-corrected chi connectivity index (χ3v) is 8.37. The van der Waals surface area contributed by atoms with Crippen LogP contribution >= 0.6 is 0 Å². The molecule has 0 atom stereocenters. The number of amides is 1. The van der Waals surface area contributed by atoms with Crippen LogP contribution in [0.2, 0.25) is 0 Å². The van der Waals surface area contributed by atoms with E-state index in [1.165, 1.54) is 38.2 Å². The number of hydrogen-bond acceptors (Lipinski definition) is 8. The molecule has 10 nitrogen and oxygen atoms in total. The van der Waals surface area contributed by atoms with E-state index in [1.54, 1.807) is 0 Å². The molecule has 4 aromatic rings. The van der Waals surface area contributed by atoms with Crippen molar-refractivity contribution in [1.29, 1.82) is 10.5 Å². The van der Waals surface area contributed by atoms with E-state index in [1.807, 2.05) is 53.2 Å². The molecule has 0 spiro atoms. The number of carbonyl (C=O) groups is 1. The quantitative estimate of drug-likeness (QED) is 0.268. The Labute approximate surface area is 250 Å². The van der Waals surface area contributed by atoms with Crippen LogP contribution in [0.5, 0.6) is 0 Å². The number of carbonyl (C=O) groups excluding carboxylic acids is 1. The molecule has 1 amide bonds. The largest absolute Gasteiger partial charge is 0.371 e. The van der Waals surface area contributed by atoms with Crippen LogP contribution in [0.25, 0.3) is 22.2 Å². The minimum Gasteiger partial charge on any atom is -0.371 e. The van der Waals surface area contributed by atoms with E-state index in [4.69, 9.17) is 4.98 Å². The lowest BCUT2D eigenvalue weighted by Crippen LogP contribution is -2.43. The fourth-order valence-corrected chi connectivity index (χ4v) is 6.21. The molecule has 6 rings (SSSR count). The SMILES string of the molecule is C=CC(=O)Nc1cc(N2CCC(N3CCCC3)CC2)ccc1Nc1ncc(C#N)c(-c2cn(CC#N)c3ccccc23)n1. The Hall–Kier alpha value is -5.19. The molecule has 4 heterocycles. The molecule has 2 aliphatic heterocycles. The molecule has 2 N–H and O–H groups in total. The van der Waals surface area contributed by atoms with Crippen molar-refractivity contribution < 1.29 is 4.79 Å². The summed E-state index contributed by atoms with van der Waals surface area (Å²) in [6.07, 6.45) is 9.43. The van der Waals surface area contributed by atoms with E-state index < -0.39 is 0 Å². The van der Waals surface area contributed by atoms with Gasteiger partial charge in [-0.25, -0.2) is 9.97 Å². The second-order valence-electron chi connectivity index (χ2n) is 10.9. The van der Waals surface area contributed by atoms with Gasteiger partial charge in [-0.15, -0.1) is 0 Å². The standard InChI is InChI=1S/C33H33N9O/c1-2-31(43)37-29-19-25(41-16-11-24(12-17-41)40-14-5-6-15-40)9-10-28(29)38-33-36-21-23(20-35)32(39-33)27-22-42(18-13-34)30-8-4-3-7-26(27)30/h2-4,7-10,19,21-22,24H,1,5-6,11-12,14-18H2,(H,37,43)(H,36,38,39). The lowest BCUT2D eigenvalue weighted by atomic mass is 10.0. The van der Waals surface area contributed by atoms with Crippen LogP contribution < -0.4 is 15.5 Å². The van der Waals surface area contributed by atoms with Gasteiger partial charge in [0.05, 0.1) is 34.9 Å². The molecule has 2 saturated heterocycles. The number of benzene rings is 2. The zero-order valence-electron chi connectivity index (χ0n) is 24.0. The molecule has 0 bridgehead atoms. The summed E-state index contributed by atoms with van der Waals surface area (Å²) in [5.74, 6) is -0.0425. The number of piperidine rings is 1. The summed E-state index contributed by atoms with van der Waals surface area (Å²) in [5, 5.41) is 26.3. The van der Waals surface area contributed by atoms with Crippen molar-refractivity contribution in [2.75, 3.05) is 41.7 Å². The normalized spacial score (nSPS) is 15.6. The summed E-state index contributed by atoms with van der Waals surface area (Å²) in [6, 6.07) is 18.7.